The SMILES string of the molecule is O=[N+]([O-])c1cc(Br)ccc1Nc1ccccn1. The summed E-state index contributed by atoms with van der Waals surface area (Å²) in [5.74, 6) is 0.568. The fourth-order valence-electron chi connectivity index (χ4n) is 1.34. The number of hydrogen-bond donors (Lipinski definition) is 1. The van der Waals surface area contributed by atoms with Crippen molar-refractivity contribution in [3.63, 3.8) is 0 Å². The van der Waals surface area contributed by atoms with E-state index in [0.29, 0.717) is 16.0 Å². The van der Waals surface area contributed by atoms with Crippen LogP contribution < -0.4 is 5.32 Å². The standard InChI is InChI=1S/C11H8BrN3O2/c12-8-4-5-9(10(7-8)15(16)17)14-11-3-1-2-6-13-11/h1-7H,(H,13,14). The van der Waals surface area contributed by atoms with Gasteiger partial charge in [0.15, 0.2) is 0 Å². The molecule has 0 saturated carbocycles. The summed E-state index contributed by atoms with van der Waals surface area (Å²) >= 11 is 3.20. The molecule has 1 heterocycles. The van der Waals surface area contributed by atoms with Crippen molar-refractivity contribution in [2.24, 2.45) is 0 Å². The quantitative estimate of drug-likeness (QED) is 0.695. The van der Waals surface area contributed by atoms with E-state index < -0.39 is 4.92 Å². The summed E-state index contributed by atoms with van der Waals surface area (Å²) in [5.41, 5.74) is 0.418. The van der Waals surface area contributed by atoms with Crippen LogP contribution in [0.2, 0.25) is 0 Å². The van der Waals surface area contributed by atoms with Crippen molar-refractivity contribution in [1.29, 1.82) is 0 Å². The van der Waals surface area contributed by atoms with Gasteiger partial charge in [-0.1, -0.05) is 22.0 Å². The number of hydrogen-bond acceptors (Lipinski definition) is 4. The number of benzene rings is 1. The largest absolute Gasteiger partial charge is 0.335 e. The summed E-state index contributed by atoms with van der Waals surface area (Å²) in [6, 6.07) is 10.1. The van der Waals surface area contributed by atoms with Gasteiger partial charge in [-0.05, 0) is 24.3 Å². The summed E-state index contributed by atoms with van der Waals surface area (Å²) in [6.07, 6.45) is 1.62. The molecule has 17 heavy (non-hydrogen) atoms. The van der Waals surface area contributed by atoms with Gasteiger partial charge in [-0.3, -0.25) is 10.1 Å². The zero-order chi connectivity index (χ0) is 12.3. The molecule has 0 spiro atoms. The number of aromatic nitrogens is 1. The number of pyridine rings is 1. The summed E-state index contributed by atoms with van der Waals surface area (Å²) in [5, 5.41) is 13.8. The highest BCUT2D eigenvalue weighted by atomic mass is 79.9. The molecular weight excluding hydrogens is 286 g/mol. The minimum Gasteiger partial charge on any atom is -0.335 e. The monoisotopic (exact) mass is 293 g/mol. The second-order valence-electron chi connectivity index (χ2n) is 3.26. The maximum atomic E-state index is 10.9. The van der Waals surface area contributed by atoms with Crippen molar-refractivity contribution in [2.45, 2.75) is 0 Å². The zero-order valence-corrected chi connectivity index (χ0v) is 10.2. The van der Waals surface area contributed by atoms with E-state index in [0.717, 1.165) is 0 Å². The van der Waals surface area contributed by atoms with E-state index in [-0.39, 0.29) is 5.69 Å². The van der Waals surface area contributed by atoms with Crippen LogP contribution in [0.5, 0.6) is 0 Å². The van der Waals surface area contributed by atoms with Gasteiger partial charge >= 0.3 is 0 Å². The molecule has 1 N–H and O–H groups in total. The van der Waals surface area contributed by atoms with Crippen LogP contribution in [-0.4, -0.2) is 9.91 Å². The van der Waals surface area contributed by atoms with E-state index >= 15 is 0 Å². The summed E-state index contributed by atoms with van der Waals surface area (Å²) in [7, 11) is 0. The van der Waals surface area contributed by atoms with Gasteiger partial charge < -0.3 is 5.32 Å². The van der Waals surface area contributed by atoms with Crippen molar-refractivity contribution in [1.82, 2.24) is 4.98 Å². The molecule has 5 nitrogen and oxygen atoms in total. The Hall–Kier alpha value is -1.95. The highest BCUT2D eigenvalue weighted by Crippen LogP contribution is 2.29. The molecule has 6 heteroatoms. The van der Waals surface area contributed by atoms with E-state index in [1.807, 2.05) is 0 Å². The highest BCUT2D eigenvalue weighted by Gasteiger charge is 2.14. The van der Waals surface area contributed by atoms with Gasteiger partial charge in [-0.15, -0.1) is 0 Å². The molecule has 0 amide bonds. The van der Waals surface area contributed by atoms with Gasteiger partial charge in [0.05, 0.1) is 4.92 Å². The lowest BCUT2D eigenvalue weighted by atomic mass is 10.2. The third kappa shape index (κ3) is 2.79. The van der Waals surface area contributed by atoms with Crippen LogP contribution in [0.25, 0.3) is 0 Å². The lowest BCUT2D eigenvalue weighted by Crippen LogP contribution is -1.98. The number of nitro groups is 1. The molecule has 1 aromatic heterocycles. The Balaban J connectivity index is 2.36. The Morgan fingerprint density at radius 2 is 2.12 bits per heavy atom. The first-order valence-corrected chi connectivity index (χ1v) is 5.58. The van der Waals surface area contributed by atoms with Crippen molar-refractivity contribution >= 4 is 33.1 Å². The van der Waals surface area contributed by atoms with Crippen LogP contribution in [0.1, 0.15) is 0 Å². The van der Waals surface area contributed by atoms with E-state index in [1.54, 1.807) is 36.5 Å². The number of rotatable bonds is 3. The molecule has 86 valence electrons. The normalized spacial score (nSPS) is 9.94. The van der Waals surface area contributed by atoms with Gasteiger partial charge in [-0.2, -0.15) is 0 Å². The van der Waals surface area contributed by atoms with Crippen LogP contribution in [0.4, 0.5) is 17.2 Å². The minimum absolute atomic E-state index is 0.00466. The third-order valence-corrected chi connectivity index (χ3v) is 2.58. The van der Waals surface area contributed by atoms with Crippen molar-refractivity contribution in [3.05, 3.63) is 57.2 Å². The molecule has 0 saturated heterocycles. The van der Waals surface area contributed by atoms with E-state index in [4.69, 9.17) is 0 Å². The summed E-state index contributed by atoms with van der Waals surface area (Å²) < 4.78 is 0.663. The van der Waals surface area contributed by atoms with Crippen LogP contribution in [0.3, 0.4) is 0 Å². The molecule has 0 bridgehead atoms. The van der Waals surface area contributed by atoms with Crippen LogP contribution in [-0.2, 0) is 0 Å². The Morgan fingerprint density at radius 3 is 2.76 bits per heavy atom. The van der Waals surface area contributed by atoms with Crippen LogP contribution in [0, 0.1) is 10.1 Å². The average molecular weight is 294 g/mol. The van der Waals surface area contributed by atoms with Crippen LogP contribution in [0.15, 0.2) is 47.1 Å². The summed E-state index contributed by atoms with van der Waals surface area (Å²) in [6.45, 7) is 0. The molecule has 0 aliphatic rings. The first kappa shape index (κ1) is 11.5. The highest BCUT2D eigenvalue weighted by molar-refractivity contribution is 9.10. The van der Waals surface area contributed by atoms with Gasteiger partial charge in [0, 0.05) is 16.7 Å². The lowest BCUT2D eigenvalue weighted by Gasteiger charge is -2.06. The molecule has 0 fully saturated rings. The predicted molar refractivity (Wildman–Crippen MR) is 68.3 cm³/mol. The number of nitro benzene ring substituents is 1. The Kier molecular flexibility index (Phi) is 3.34. The number of nitrogens with one attached hydrogen (secondary N) is 1. The maximum absolute atomic E-state index is 10.9. The van der Waals surface area contributed by atoms with Crippen LogP contribution >= 0.6 is 15.9 Å². The number of nitrogens with zero attached hydrogens (tertiary/aromatic N) is 2. The first-order valence-electron chi connectivity index (χ1n) is 4.79. The van der Waals surface area contributed by atoms with Gasteiger partial charge in [0.25, 0.3) is 5.69 Å². The topological polar surface area (TPSA) is 68.1 Å². The molecule has 0 aliphatic carbocycles. The van der Waals surface area contributed by atoms with Crippen molar-refractivity contribution in [2.75, 3.05) is 5.32 Å². The molecular formula is C11H8BrN3O2. The minimum atomic E-state index is -0.434. The first-order chi connectivity index (χ1) is 8.16. The van der Waals surface area contributed by atoms with Gasteiger partial charge in [0.1, 0.15) is 11.5 Å². The zero-order valence-electron chi connectivity index (χ0n) is 8.63. The molecule has 0 radical (unpaired) electrons. The number of halogens is 1. The molecule has 2 aromatic rings. The lowest BCUT2D eigenvalue weighted by molar-refractivity contribution is -0.384. The van der Waals surface area contributed by atoms with Gasteiger partial charge in [-0.25, -0.2) is 4.98 Å². The van der Waals surface area contributed by atoms with Crippen molar-refractivity contribution < 1.29 is 4.92 Å². The molecule has 0 aliphatic heterocycles. The van der Waals surface area contributed by atoms with E-state index in [1.165, 1.54) is 6.07 Å². The Labute approximate surface area is 106 Å². The third-order valence-electron chi connectivity index (χ3n) is 2.08. The van der Waals surface area contributed by atoms with E-state index in [2.05, 4.69) is 26.2 Å². The smallest absolute Gasteiger partial charge is 0.293 e. The maximum Gasteiger partial charge on any atom is 0.293 e. The predicted octanol–water partition coefficient (Wildman–Crippen LogP) is 3.50. The molecule has 1 aromatic carbocycles. The molecule has 0 unspecified atom stereocenters. The average Bonchev–Trinajstić information content (AvgIpc) is 2.32. The van der Waals surface area contributed by atoms with E-state index in [9.17, 15) is 10.1 Å². The summed E-state index contributed by atoms with van der Waals surface area (Å²) in [4.78, 5) is 14.5. The molecule has 0 atom stereocenters. The molecule has 2 rings (SSSR count). The number of anilines is 2. The Morgan fingerprint density at radius 1 is 1.29 bits per heavy atom. The fourth-order valence-corrected chi connectivity index (χ4v) is 1.69. The van der Waals surface area contributed by atoms with Crippen molar-refractivity contribution in [3.8, 4) is 0 Å². The second-order valence-corrected chi connectivity index (χ2v) is 4.17. The van der Waals surface area contributed by atoms with Gasteiger partial charge in [0.2, 0.25) is 0 Å². The Bertz CT molecular complexity index is 546. The fraction of sp³-hybridized carbons (Fsp3) is 0. The second kappa shape index (κ2) is 4.92.